The Balaban J connectivity index is 1.47. The molecule has 0 saturated carbocycles. The first kappa shape index (κ1) is 36.6. The average Bonchev–Trinajstić information content (AvgIpc) is 3.68. The van der Waals surface area contributed by atoms with Gasteiger partial charge in [0.25, 0.3) is 21.0 Å². The molecule has 4 aromatic heterocycles. The van der Waals surface area contributed by atoms with E-state index in [1.807, 2.05) is 0 Å². The zero-order chi connectivity index (χ0) is 36.9. The summed E-state index contributed by atoms with van der Waals surface area (Å²) in [5.74, 6) is -0.275. The molecule has 2 N–H and O–H groups in total. The van der Waals surface area contributed by atoms with Crippen LogP contribution in [-0.4, -0.2) is 93.8 Å². The van der Waals surface area contributed by atoms with Crippen LogP contribution in [-0.2, 0) is 24.3 Å². The van der Waals surface area contributed by atoms with E-state index in [0.29, 0.717) is 23.4 Å². The van der Waals surface area contributed by atoms with Gasteiger partial charge in [-0.3, -0.25) is 9.71 Å². The lowest BCUT2D eigenvalue weighted by molar-refractivity contribution is -0.757. The third-order valence-corrected chi connectivity index (χ3v) is 7.85. The molecule has 0 amide bonds. The topological polar surface area (TPSA) is 268 Å². The van der Waals surface area contributed by atoms with Crippen molar-refractivity contribution in [2.24, 2.45) is 0 Å². The molecule has 0 radical (unpaired) electrons. The van der Waals surface area contributed by atoms with E-state index in [-0.39, 0.29) is 72.7 Å². The summed E-state index contributed by atoms with van der Waals surface area (Å²) in [6.45, 7) is 0.916. The fourth-order valence-corrected chi connectivity index (χ4v) is 5.13. The van der Waals surface area contributed by atoms with Crippen LogP contribution >= 0.6 is 0 Å². The SMILES string of the molecule is COc1ccccc1Oc1c(NS(=O)(=O)c2ccc(C)cn2)nc(-c2ccnc(-c3nn[nH]n3)c2)nc1OCCOC(=O)OCCCCO[N+](=O)[O-]. The van der Waals surface area contributed by atoms with Gasteiger partial charge in [0, 0.05) is 18.0 Å². The normalized spacial score (nSPS) is 11.0. The van der Waals surface area contributed by atoms with Crippen molar-refractivity contribution in [3.8, 4) is 46.0 Å². The Morgan fingerprint density at radius 2 is 1.75 bits per heavy atom. The van der Waals surface area contributed by atoms with Crippen LogP contribution in [0.2, 0.25) is 0 Å². The summed E-state index contributed by atoms with van der Waals surface area (Å²) in [5.41, 5.74) is 1.39. The summed E-state index contributed by atoms with van der Waals surface area (Å²) in [6.07, 6.45) is 2.40. The maximum Gasteiger partial charge on any atom is 0.508 e. The number of H-pyrrole nitrogens is 1. The third kappa shape index (κ3) is 9.93. The third-order valence-electron chi connectivity index (χ3n) is 6.60. The fraction of sp³-hybridized carbons (Fsp3) is 0.267. The Bertz CT molecular complexity index is 2090. The fourth-order valence-electron chi connectivity index (χ4n) is 4.19. The maximum atomic E-state index is 13.6. The van der Waals surface area contributed by atoms with Crippen molar-refractivity contribution in [1.82, 2.24) is 40.6 Å². The Morgan fingerprint density at radius 1 is 0.962 bits per heavy atom. The van der Waals surface area contributed by atoms with Crippen molar-refractivity contribution in [2.45, 2.75) is 24.8 Å². The van der Waals surface area contributed by atoms with Crippen LogP contribution in [0.4, 0.5) is 10.6 Å². The molecule has 1 aromatic carbocycles. The lowest BCUT2D eigenvalue weighted by Crippen LogP contribution is -2.18. The number of nitrogens with zero attached hydrogens (tertiary/aromatic N) is 8. The van der Waals surface area contributed by atoms with E-state index in [0.717, 1.165) is 5.56 Å². The van der Waals surface area contributed by atoms with Gasteiger partial charge in [-0.2, -0.15) is 18.6 Å². The van der Waals surface area contributed by atoms with Gasteiger partial charge in [-0.05, 0) is 60.9 Å². The zero-order valence-corrected chi connectivity index (χ0v) is 28.3. The predicted molar refractivity (Wildman–Crippen MR) is 176 cm³/mol. The number of tetrazole rings is 1. The molecule has 5 rings (SSSR count). The van der Waals surface area contributed by atoms with Gasteiger partial charge in [-0.25, -0.2) is 14.8 Å². The molecule has 0 unspecified atom stereocenters. The van der Waals surface area contributed by atoms with Crippen LogP contribution in [0.15, 0.2) is 66.0 Å². The predicted octanol–water partition coefficient (Wildman–Crippen LogP) is 3.54. The minimum absolute atomic E-state index is 0.0366. The molecule has 5 aromatic rings. The smallest absolute Gasteiger partial charge is 0.493 e. The highest BCUT2D eigenvalue weighted by Gasteiger charge is 2.26. The Hall–Kier alpha value is -6.71. The molecule has 22 heteroatoms. The lowest BCUT2D eigenvalue weighted by Gasteiger charge is -2.18. The van der Waals surface area contributed by atoms with E-state index in [9.17, 15) is 23.3 Å². The van der Waals surface area contributed by atoms with Crippen LogP contribution in [0.25, 0.3) is 22.9 Å². The number of hydrogen-bond acceptors (Lipinski definition) is 18. The Kier molecular flexibility index (Phi) is 12.2. The number of unbranched alkanes of at least 4 members (excludes halogenated alkanes) is 1. The molecule has 0 fully saturated rings. The van der Waals surface area contributed by atoms with Gasteiger partial charge in [0.1, 0.15) is 18.9 Å². The van der Waals surface area contributed by atoms with Gasteiger partial charge in [-0.15, -0.1) is 20.3 Å². The zero-order valence-electron chi connectivity index (χ0n) is 27.5. The summed E-state index contributed by atoms with van der Waals surface area (Å²) in [7, 11) is -2.94. The molecular weight excluding hydrogens is 708 g/mol. The molecule has 0 saturated heterocycles. The summed E-state index contributed by atoms with van der Waals surface area (Å²) < 4.78 is 57.2. The molecule has 0 aliphatic heterocycles. The minimum Gasteiger partial charge on any atom is -0.493 e. The number of benzene rings is 1. The number of carbonyl (C=O) groups excluding carboxylic acids is 1. The van der Waals surface area contributed by atoms with Gasteiger partial charge in [0.05, 0.1) is 20.3 Å². The van der Waals surface area contributed by atoms with Crippen molar-refractivity contribution in [3.63, 3.8) is 0 Å². The van der Waals surface area contributed by atoms with Crippen LogP contribution < -0.4 is 18.9 Å². The van der Waals surface area contributed by atoms with Crippen LogP contribution in [0.1, 0.15) is 18.4 Å². The first-order chi connectivity index (χ1) is 25.1. The van der Waals surface area contributed by atoms with E-state index in [2.05, 4.69) is 50.1 Å². The number of methoxy groups -OCH3 is 1. The van der Waals surface area contributed by atoms with Gasteiger partial charge >= 0.3 is 6.16 Å². The number of ether oxygens (including phenoxy) is 5. The first-order valence-electron chi connectivity index (χ1n) is 15.2. The minimum atomic E-state index is -4.37. The van der Waals surface area contributed by atoms with Gasteiger partial charge in [0.2, 0.25) is 11.6 Å². The summed E-state index contributed by atoms with van der Waals surface area (Å²) in [6, 6.07) is 12.6. The van der Waals surface area contributed by atoms with Crippen molar-refractivity contribution in [2.75, 3.05) is 38.3 Å². The molecular formula is C30H30N10O11S. The highest BCUT2D eigenvalue weighted by Crippen LogP contribution is 2.41. The van der Waals surface area contributed by atoms with Crippen LogP contribution in [0.5, 0.6) is 23.1 Å². The number of aromatic nitrogens is 8. The van der Waals surface area contributed by atoms with Crippen molar-refractivity contribution in [1.29, 1.82) is 0 Å². The molecule has 21 nitrogen and oxygen atoms in total. The number of aryl methyl sites for hydroxylation is 1. The van der Waals surface area contributed by atoms with E-state index in [1.165, 1.54) is 25.6 Å². The molecule has 0 atom stereocenters. The van der Waals surface area contributed by atoms with E-state index < -0.39 is 21.3 Å². The average molecular weight is 739 g/mol. The second-order valence-corrected chi connectivity index (χ2v) is 11.9. The number of anilines is 1. The number of pyridine rings is 2. The molecule has 4 heterocycles. The number of sulfonamides is 1. The van der Waals surface area contributed by atoms with Gasteiger partial charge in [0.15, 0.2) is 28.2 Å². The molecule has 0 aliphatic carbocycles. The summed E-state index contributed by atoms with van der Waals surface area (Å²) in [5, 5.41) is 22.8. The number of aromatic amines is 1. The quantitative estimate of drug-likeness (QED) is 0.0563. The van der Waals surface area contributed by atoms with Gasteiger partial charge in [-0.1, -0.05) is 18.2 Å². The molecule has 0 spiro atoms. The van der Waals surface area contributed by atoms with E-state index in [4.69, 9.17) is 23.7 Å². The van der Waals surface area contributed by atoms with Crippen molar-refractivity contribution in [3.05, 3.63) is 76.6 Å². The molecule has 272 valence electrons. The standard InChI is InChI=1S/C30H30N10O11S/c1-19-9-10-24(32-18-19)52(44,45)37-28-25(51-23-8-4-3-7-22(23)46-2)29(47-15-16-49-30(41)48-13-5-6-14-50-40(42)43)34-26(33-28)20-11-12-31-21(17-20)27-35-38-39-36-27/h3-4,7-12,17-18H,5-6,13-16H2,1-2H3,(H,33,34,37)(H,35,36,38,39). The largest absolute Gasteiger partial charge is 0.508 e. The van der Waals surface area contributed by atoms with Crippen LogP contribution in [0.3, 0.4) is 0 Å². The molecule has 0 bridgehead atoms. The van der Waals surface area contributed by atoms with E-state index >= 15 is 0 Å². The number of para-hydroxylation sites is 2. The van der Waals surface area contributed by atoms with Crippen molar-refractivity contribution < 1.29 is 46.8 Å². The molecule has 52 heavy (non-hydrogen) atoms. The lowest BCUT2D eigenvalue weighted by atomic mass is 10.2. The maximum absolute atomic E-state index is 13.6. The number of carbonyl (C=O) groups is 1. The Morgan fingerprint density at radius 3 is 2.48 bits per heavy atom. The number of rotatable bonds is 18. The Labute approximate surface area is 294 Å². The highest BCUT2D eigenvalue weighted by molar-refractivity contribution is 7.92. The first-order valence-corrected chi connectivity index (χ1v) is 16.7. The number of hydrogen-bond donors (Lipinski definition) is 2. The second-order valence-electron chi connectivity index (χ2n) is 10.3. The van der Waals surface area contributed by atoms with Gasteiger partial charge < -0.3 is 28.5 Å². The second kappa shape index (κ2) is 17.3. The highest BCUT2D eigenvalue weighted by atomic mass is 32.2. The van der Waals surface area contributed by atoms with E-state index in [1.54, 1.807) is 49.4 Å². The summed E-state index contributed by atoms with van der Waals surface area (Å²) >= 11 is 0. The summed E-state index contributed by atoms with van der Waals surface area (Å²) in [4.78, 5) is 43.9. The van der Waals surface area contributed by atoms with Crippen LogP contribution in [0, 0.1) is 17.0 Å². The van der Waals surface area contributed by atoms with Crippen molar-refractivity contribution >= 4 is 22.0 Å². The molecule has 0 aliphatic rings. The number of nitrogens with one attached hydrogen (secondary N) is 2. The monoisotopic (exact) mass is 738 g/mol.